The third kappa shape index (κ3) is 3.55. The maximum absolute atomic E-state index is 12.2. The van der Waals surface area contributed by atoms with Crippen LogP contribution >= 0.6 is 15.9 Å². The molecule has 104 valence electrons. The Hall–Kier alpha value is -2.40. The van der Waals surface area contributed by atoms with E-state index < -0.39 is 23.3 Å². The normalized spacial score (nSPS) is 9.60. The highest BCUT2D eigenvalue weighted by Gasteiger charge is 2.24. The Bertz CT molecular complexity index is 608. The van der Waals surface area contributed by atoms with Crippen LogP contribution in [0.15, 0.2) is 22.7 Å². The average Bonchev–Trinajstić information content (AvgIpc) is 2.37. The first kappa shape index (κ1) is 15.7. The molecular weight excluding hydrogens is 332 g/mol. The minimum atomic E-state index is -1.23. The van der Waals surface area contributed by atoms with Crippen molar-refractivity contribution in [3.8, 4) is 12.3 Å². The van der Waals surface area contributed by atoms with Crippen molar-refractivity contribution in [2.24, 2.45) is 0 Å². The molecular formula is C12H9BrN2O5. The topological polar surface area (TPSA) is 101 Å². The van der Waals surface area contributed by atoms with Gasteiger partial charge in [-0.3, -0.25) is 19.7 Å². The van der Waals surface area contributed by atoms with Gasteiger partial charge < -0.3 is 10.0 Å². The van der Waals surface area contributed by atoms with E-state index in [2.05, 4.69) is 21.9 Å². The minimum absolute atomic E-state index is 0.0117. The lowest BCUT2D eigenvalue weighted by Gasteiger charge is -2.18. The van der Waals surface area contributed by atoms with E-state index in [4.69, 9.17) is 11.5 Å². The van der Waals surface area contributed by atoms with Crippen LogP contribution in [0, 0.1) is 22.5 Å². The highest BCUT2D eigenvalue weighted by Crippen LogP contribution is 2.29. The molecule has 0 bridgehead atoms. The quantitative estimate of drug-likeness (QED) is 0.497. The van der Waals surface area contributed by atoms with Crippen LogP contribution in [0.4, 0.5) is 5.69 Å². The van der Waals surface area contributed by atoms with Gasteiger partial charge in [0.2, 0.25) is 0 Å². The summed E-state index contributed by atoms with van der Waals surface area (Å²) in [5.41, 5.74) is -0.303. The predicted octanol–water partition coefficient (Wildman–Crippen LogP) is 1.52. The molecule has 0 atom stereocenters. The first-order valence-corrected chi connectivity index (χ1v) is 6.05. The van der Waals surface area contributed by atoms with Gasteiger partial charge in [-0.1, -0.05) is 12.0 Å². The summed E-state index contributed by atoms with van der Waals surface area (Å²) in [7, 11) is 0. The van der Waals surface area contributed by atoms with Crippen molar-refractivity contribution >= 4 is 33.5 Å². The second-order valence-corrected chi connectivity index (χ2v) is 4.45. The van der Waals surface area contributed by atoms with Crippen molar-refractivity contribution < 1.29 is 19.6 Å². The van der Waals surface area contributed by atoms with Crippen molar-refractivity contribution in [3.05, 3.63) is 38.3 Å². The molecule has 1 N–H and O–H groups in total. The van der Waals surface area contributed by atoms with E-state index in [9.17, 15) is 19.7 Å². The van der Waals surface area contributed by atoms with E-state index in [-0.39, 0.29) is 22.3 Å². The molecule has 0 unspecified atom stereocenters. The fourth-order valence-electron chi connectivity index (χ4n) is 1.47. The van der Waals surface area contributed by atoms with Crippen LogP contribution in [-0.4, -0.2) is 39.9 Å². The largest absolute Gasteiger partial charge is 0.480 e. The van der Waals surface area contributed by atoms with Crippen molar-refractivity contribution in [1.82, 2.24) is 4.90 Å². The zero-order valence-corrected chi connectivity index (χ0v) is 11.7. The zero-order chi connectivity index (χ0) is 15.3. The monoisotopic (exact) mass is 340 g/mol. The summed E-state index contributed by atoms with van der Waals surface area (Å²) in [6.45, 7) is -0.793. The molecule has 1 rings (SSSR count). The van der Waals surface area contributed by atoms with Crippen LogP contribution in [0.2, 0.25) is 0 Å². The van der Waals surface area contributed by atoms with E-state index >= 15 is 0 Å². The number of aliphatic carboxylic acids is 1. The number of carbonyl (C=O) groups excluding carboxylic acids is 1. The van der Waals surface area contributed by atoms with Crippen LogP contribution in [-0.2, 0) is 4.79 Å². The second-order valence-electron chi connectivity index (χ2n) is 3.65. The minimum Gasteiger partial charge on any atom is -0.480 e. The molecule has 0 spiro atoms. The molecule has 1 aromatic rings. The Kier molecular flexibility index (Phi) is 5.23. The lowest BCUT2D eigenvalue weighted by atomic mass is 10.1. The van der Waals surface area contributed by atoms with E-state index in [1.54, 1.807) is 0 Å². The number of hydrogen-bond donors (Lipinski definition) is 1. The smallest absolute Gasteiger partial charge is 0.323 e. The van der Waals surface area contributed by atoms with Crippen LogP contribution in [0.1, 0.15) is 10.4 Å². The van der Waals surface area contributed by atoms with Crippen molar-refractivity contribution in [2.75, 3.05) is 13.1 Å². The molecule has 0 radical (unpaired) electrons. The van der Waals surface area contributed by atoms with Crippen LogP contribution < -0.4 is 0 Å². The van der Waals surface area contributed by atoms with E-state index in [1.807, 2.05) is 0 Å². The maximum Gasteiger partial charge on any atom is 0.323 e. The Labute approximate surface area is 122 Å². The Morgan fingerprint density at radius 2 is 2.15 bits per heavy atom. The first-order valence-electron chi connectivity index (χ1n) is 5.26. The number of carbonyl (C=O) groups is 2. The summed E-state index contributed by atoms with van der Waals surface area (Å²) in [6, 6.07) is 3.92. The molecule has 0 aliphatic rings. The molecule has 0 aromatic heterocycles. The molecule has 0 fully saturated rings. The lowest BCUT2D eigenvalue weighted by Crippen LogP contribution is -2.36. The summed E-state index contributed by atoms with van der Waals surface area (Å²) < 4.78 is -0.0117. The predicted molar refractivity (Wildman–Crippen MR) is 73.2 cm³/mol. The number of hydrogen-bond acceptors (Lipinski definition) is 4. The number of nitrogens with zero attached hydrogens (tertiary/aromatic N) is 2. The van der Waals surface area contributed by atoms with E-state index in [1.165, 1.54) is 18.2 Å². The summed E-state index contributed by atoms with van der Waals surface area (Å²) in [5, 5.41) is 19.5. The summed E-state index contributed by atoms with van der Waals surface area (Å²) in [5.74, 6) is 0.253. The molecule has 0 heterocycles. The van der Waals surface area contributed by atoms with Gasteiger partial charge in [-0.15, -0.1) is 6.42 Å². The fourth-order valence-corrected chi connectivity index (χ4v) is 2.05. The van der Waals surface area contributed by atoms with Crippen LogP contribution in [0.3, 0.4) is 0 Å². The molecule has 20 heavy (non-hydrogen) atoms. The van der Waals surface area contributed by atoms with Gasteiger partial charge >= 0.3 is 5.97 Å². The number of carboxylic acids is 1. The summed E-state index contributed by atoms with van der Waals surface area (Å²) in [6.07, 6.45) is 5.08. The van der Waals surface area contributed by atoms with Gasteiger partial charge in [-0.05, 0) is 22.0 Å². The molecule has 1 amide bonds. The van der Waals surface area contributed by atoms with Crippen molar-refractivity contribution in [3.63, 3.8) is 0 Å². The van der Waals surface area contributed by atoms with Crippen molar-refractivity contribution in [2.45, 2.75) is 0 Å². The number of halogens is 1. The number of nitro groups is 1. The van der Waals surface area contributed by atoms with Gasteiger partial charge in [0.25, 0.3) is 11.6 Å². The number of carboxylic acid groups (broad SMARTS) is 1. The Balaban J connectivity index is 3.19. The molecule has 0 aliphatic heterocycles. The number of nitro benzene ring substituents is 1. The third-order valence-corrected chi connectivity index (χ3v) is 3.13. The lowest BCUT2D eigenvalue weighted by molar-refractivity contribution is -0.385. The average molecular weight is 341 g/mol. The summed E-state index contributed by atoms with van der Waals surface area (Å²) >= 11 is 2.98. The third-order valence-electron chi connectivity index (χ3n) is 2.30. The van der Waals surface area contributed by atoms with Gasteiger partial charge in [0.05, 0.1) is 17.0 Å². The van der Waals surface area contributed by atoms with E-state index in [0.717, 1.165) is 4.90 Å². The SMILES string of the molecule is C#CCN(CC(=O)O)C(=O)c1cccc([N+](=O)[O-])c1Br. The standard InChI is InChI=1S/C12H9BrN2O5/c1-2-6-14(7-10(16)17)12(18)8-4-3-5-9(11(8)13)15(19)20/h1,3-5H,6-7H2,(H,16,17). The van der Waals surface area contributed by atoms with Gasteiger partial charge in [0.15, 0.2) is 0 Å². The van der Waals surface area contributed by atoms with Gasteiger partial charge in [0, 0.05) is 6.07 Å². The molecule has 1 aromatic carbocycles. The fraction of sp³-hybridized carbons (Fsp3) is 0.167. The van der Waals surface area contributed by atoms with Gasteiger partial charge in [-0.2, -0.15) is 0 Å². The number of benzene rings is 1. The number of amides is 1. The molecule has 8 heteroatoms. The zero-order valence-electron chi connectivity index (χ0n) is 10.1. The number of rotatable bonds is 5. The first-order chi connectivity index (χ1) is 9.38. The molecule has 0 aliphatic carbocycles. The molecule has 0 saturated carbocycles. The molecule has 7 nitrogen and oxygen atoms in total. The van der Waals surface area contributed by atoms with Gasteiger partial charge in [-0.25, -0.2) is 0 Å². The summed E-state index contributed by atoms with van der Waals surface area (Å²) in [4.78, 5) is 33.9. The number of terminal acetylenes is 1. The maximum atomic E-state index is 12.2. The highest BCUT2D eigenvalue weighted by molar-refractivity contribution is 9.10. The van der Waals surface area contributed by atoms with Gasteiger partial charge in [0.1, 0.15) is 11.0 Å². The van der Waals surface area contributed by atoms with Crippen LogP contribution in [0.5, 0.6) is 0 Å². The Morgan fingerprint density at radius 3 is 2.65 bits per heavy atom. The highest BCUT2D eigenvalue weighted by atomic mass is 79.9. The van der Waals surface area contributed by atoms with Crippen LogP contribution in [0.25, 0.3) is 0 Å². The Morgan fingerprint density at radius 1 is 1.50 bits per heavy atom. The second kappa shape index (κ2) is 6.68. The van der Waals surface area contributed by atoms with E-state index in [0.29, 0.717) is 0 Å². The van der Waals surface area contributed by atoms with Crippen molar-refractivity contribution in [1.29, 1.82) is 0 Å². The molecule has 0 saturated heterocycles.